The molecular weight excluding hydrogens is 168 g/mol. The average Bonchev–Trinajstić information content (AvgIpc) is 2.12. The van der Waals surface area contributed by atoms with E-state index in [0.29, 0.717) is 0 Å². The van der Waals surface area contributed by atoms with Gasteiger partial charge in [-0.25, -0.2) is 0 Å². The van der Waals surface area contributed by atoms with Gasteiger partial charge in [0.25, 0.3) is 0 Å². The van der Waals surface area contributed by atoms with Crippen LogP contribution in [0.4, 0.5) is 0 Å². The topological polar surface area (TPSA) is 60.7 Å². The summed E-state index contributed by atoms with van der Waals surface area (Å²) in [5, 5.41) is 28.8. The second kappa shape index (κ2) is 3.25. The molecule has 0 heterocycles. The lowest BCUT2D eigenvalue weighted by molar-refractivity contribution is -0.0256. The molecule has 0 radical (unpaired) electrons. The lowest BCUT2D eigenvalue weighted by Crippen LogP contribution is -2.44. The van der Waals surface area contributed by atoms with E-state index in [0.717, 1.165) is 6.42 Å². The van der Waals surface area contributed by atoms with Gasteiger partial charge in [-0.2, -0.15) is 0 Å². The molecule has 3 N–H and O–H groups in total. The van der Waals surface area contributed by atoms with Crippen LogP contribution in [0.1, 0.15) is 6.42 Å². The Kier molecular flexibility index (Phi) is 2.24. The number of hydrogen-bond donors (Lipinski definition) is 3. The number of rotatable bonds is 0. The van der Waals surface area contributed by atoms with Crippen molar-refractivity contribution in [1.29, 1.82) is 0 Å². The second-order valence-corrected chi connectivity index (χ2v) is 3.76. The van der Waals surface area contributed by atoms with Crippen LogP contribution in [0.5, 0.6) is 0 Å². The number of aliphatic hydroxyl groups is 3. The highest BCUT2D eigenvalue weighted by Gasteiger charge is 2.39. The zero-order chi connectivity index (χ0) is 9.42. The maximum absolute atomic E-state index is 9.60. The lowest BCUT2D eigenvalue weighted by atomic mass is 9.72. The molecule has 0 aromatic carbocycles. The SMILES string of the molecule is OC1C=CC(O)C2C(O)C=CCC12. The highest BCUT2D eigenvalue weighted by Crippen LogP contribution is 2.35. The third-order valence-electron chi connectivity index (χ3n) is 2.97. The van der Waals surface area contributed by atoms with Gasteiger partial charge in [-0.1, -0.05) is 24.3 Å². The molecule has 3 nitrogen and oxygen atoms in total. The minimum Gasteiger partial charge on any atom is -0.389 e. The second-order valence-electron chi connectivity index (χ2n) is 3.76. The maximum Gasteiger partial charge on any atom is 0.0781 e. The van der Waals surface area contributed by atoms with E-state index in [2.05, 4.69) is 0 Å². The zero-order valence-electron chi connectivity index (χ0n) is 7.24. The Morgan fingerprint density at radius 2 is 1.46 bits per heavy atom. The van der Waals surface area contributed by atoms with E-state index in [-0.39, 0.29) is 11.8 Å². The van der Waals surface area contributed by atoms with E-state index >= 15 is 0 Å². The van der Waals surface area contributed by atoms with Gasteiger partial charge >= 0.3 is 0 Å². The van der Waals surface area contributed by atoms with Gasteiger partial charge in [0.2, 0.25) is 0 Å². The first kappa shape index (κ1) is 8.94. The number of allylic oxidation sites excluding steroid dienone is 1. The van der Waals surface area contributed by atoms with Gasteiger partial charge in [-0.15, -0.1) is 0 Å². The van der Waals surface area contributed by atoms with Crippen molar-refractivity contribution in [2.24, 2.45) is 11.8 Å². The zero-order valence-corrected chi connectivity index (χ0v) is 7.24. The minimum absolute atomic E-state index is 0.0417. The molecule has 2 aliphatic rings. The van der Waals surface area contributed by atoms with Gasteiger partial charge in [-0.05, 0) is 6.42 Å². The van der Waals surface area contributed by atoms with Gasteiger partial charge in [-0.3, -0.25) is 0 Å². The molecule has 2 aliphatic carbocycles. The summed E-state index contributed by atoms with van der Waals surface area (Å²) < 4.78 is 0. The molecule has 0 aromatic heterocycles. The molecule has 5 unspecified atom stereocenters. The summed E-state index contributed by atoms with van der Waals surface area (Å²) in [6.07, 6.45) is 5.66. The molecule has 0 bridgehead atoms. The Bertz CT molecular complexity index is 247. The quantitative estimate of drug-likeness (QED) is 0.456. The molecule has 0 saturated heterocycles. The van der Waals surface area contributed by atoms with Crippen molar-refractivity contribution in [2.75, 3.05) is 0 Å². The molecule has 0 aromatic rings. The molecule has 0 spiro atoms. The standard InChI is InChI=1S/C10H14O3/c11-7-4-5-9(13)10-6(7)2-1-3-8(10)12/h1,3-13H,2H2. The van der Waals surface area contributed by atoms with Gasteiger partial charge in [0.15, 0.2) is 0 Å². The molecule has 13 heavy (non-hydrogen) atoms. The normalized spacial score (nSPS) is 49.0. The summed E-state index contributed by atoms with van der Waals surface area (Å²) in [7, 11) is 0. The summed E-state index contributed by atoms with van der Waals surface area (Å²) in [6.45, 7) is 0. The van der Waals surface area contributed by atoms with Crippen LogP contribution in [0, 0.1) is 11.8 Å². The van der Waals surface area contributed by atoms with Crippen molar-refractivity contribution in [3.05, 3.63) is 24.3 Å². The van der Waals surface area contributed by atoms with Crippen LogP contribution in [0.25, 0.3) is 0 Å². The van der Waals surface area contributed by atoms with Crippen molar-refractivity contribution in [3.8, 4) is 0 Å². The van der Waals surface area contributed by atoms with Crippen LogP contribution in [0.3, 0.4) is 0 Å². The van der Waals surface area contributed by atoms with Crippen LogP contribution >= 0.6 is 0 Å². The molecule has 2 rings (SSSR count). The Morgan fingerprint density at radius 3 is 2.15 bits per heavy atom. The van der Waals surface area contributed by atoms with Crippen LogP contribution in [0.15, 0.2) is 24.3 Å². The predicted molar refractivity (Wildman–Crippen MR) is 47.9 cm³/mol. The van der Waals surface area contributed by atoms with Crippen molar-refractivity contribution in [1.82, 2.24) is 0 Å². The van der Waals surface area contributed by atoms with E-state index in [1.807, 2.05) is 6.08 Å². The maximum atomic E-state index is 9.60. The molecule has 0 saturated carbocycles. The summed E-state index contributed by atoms with van der Waals surface area (Å²) >= 11 is 0. The van der Waals surface area contributed by atoms with E-state index in [1.165, 1.54) is 0 Å². The first-order valence-electron chi connectivity index (χ1n) is 4.59. The Labute approximate surface area is 77.0 Å². The van der Waals surface area contributed by atoms with Gasteiger partial charge in [0, 0.05) is 11.8 Å². The predicted octanol–water partition coefficient (Wildman–Crippen LogP) is -0.169. The Hall–Kier alpha value is -0.640. The van der Waals surface area contributed by atoms with Crippen molar-refractivity contribution in [3.63, 3.8) is 0 Å². The third-order valence-corrected chi connectivity index (χ3v) is 2.97. The first-order chi connectivity index (χ1) is 6.20. The smallest absolute Gasteiger partial charge is 0.0781 e. The first-order valence-corrected chi connectivity index (χ1v) is 4.59. The van der Waals surface area contributed by atoms with E-state index in [4.69, 9.17) is 0 Å². The number of aliphatic hydroxyl groups excluding tert-OH is 3. The lowest BCUT2D eigenvalue weighted by Gasteiger charge is -2.39. The largest absolute Gasteiger partial charge is 0.389 e. The van der Waals surface area contributed by atoms with E-state index in [9.17, 15) is 15.3 Å². The Balaban J connectivity index is 2.27. The summed E-state index contributed by atoms with van der Waals surface area (Å²) in [6, 6.07) is 0. The molecular formula is C10H14O3. The number of fused-ring (bicyclic) bond motifs is 1. The molecule has 72 valence electrons. The van der Waals surface area contributed by atoms with Crippen LogP contribution in [-0.4, -0.2) is 33.6 Å². The fourth-order valence-electron chi connectivity index (χ4n) is 2.23. The van der Waals surface area contributed by atoms with Crippen LogP contribution in [0.2, 0.25) is 0 Å². The molecule has 3 heteroatoms. The highest BCUT2D eigenvalue weighted by atomic mass is 16.3. The highest BCUT2D eigenvalue weighted by molar-refractivity contribution is 5.14. The van der Waals surface area contributed by atoms with Gasteiger partial charge < -0.3 is 15.3 Å². The van der Waals surface area contributed by atoms with Crippen molar-refractivity contribution in [2.45, 2.75) is 24.7 Å². The minimum atomic E-state index is -0.631. The summed E-state index contributed by atoms with van der Waals surface area (Å²) in [5.74, 6) is -0.287. The molecule has 0 fully saturated rings. The summed E-state index contributed by atoms with van der Waals surface area (Å²) in [4.78, 5) is 0. The average molecular weight is 182 g/mol. The Morgan fingerprint density at radius 1 is 0.846 bits per heavy atom. The van der Waals surface area contributed by atoms with Crippen LogP contribution < -0.4 is 0 Å². The fourth-order valence-corrected chi connectivity index (χ4v) is 2.23. The molecule has 0 aliphatic heterocycles. The van der Waals surface area contributed by atoms with E-state index in [1.54, 1.807) is 18.2 Å². The summed E-state index contributed by atoms with van der Waals surface area (Å²) in [5.41, 5.74) is 0. The van der Waals surface area contributed by atoms with Crippen molar-refractivity contribution >= 4 is 0 Å². The van der Waals surface area contributed by atoms with Gasteiger partial charge in [0.1, 0.15) is 0 Å². The number of hydrogen-bond acceptors (Lipinski definition) is 3. The van der Waals surface area contributed by atoms with Gasteiger partial charge in [0.05, 0.1) is 18.3 Å². The van der Waals surface area contributed by atoms with Crippen molar-refractivity contribution < 1.29 is 15.3 Å². The van der Waals surface area contributed by atoms with E-state index < -0.39 is 18.3 Å². The molecule has 5 atom stereocenters. The van der Waals surface area contributed by atoms with Crippen LogP contribution in [-0.2, 0) is 0 Å². The fraction of sp³-hybridized carbons (Fsp3) is 0.600. The monoisotopic (exact) mass is 182 g/mol. The molecule has 0 amide bonds. The third kappa shape index (κ3) is 1.43.